The largest absolute Gasteiger partial charge is 0.497 e. The molecule has 1 aliphatic carbocycles. The van der Waals surface area contributed by atoms with Crippen LogP contribution in [0.15, 0.2) is 48.7 Å². The van der Waals surface area contributed by atoms with E-state index in [1.165, 1.54) is 5.56 Å². The van der Waals surface area contributed by atoms with Crippen LogP contribution in [0.25, 0.3) is 0 Å². The highest BCUT2D eigenvalue weighted by atomic mass is 16.5. The normalized spacial score (nSPS) is 23.6. The van der Waals surface area contributed by atoms with Crippen molar-refractivity contribution in [1.82, 2.24) is 19.7 Å². The fraction of sp³-hybridized carbons (Fsp3) is 0.536. The van der Waals surface area contributed by atoms with Crippen LogP contribution in [0.1, 0.15) is 37.7 Å². The number of nitrogens with one attached hydrogen (secondary N) is 1. The van der Waals surface area contributed by atoms with Gasteiger partial charge in [0.15, 0.2) is 0 Å². The van der Waals surface area contributed by atoms with Gasteiger partial charge in [-0.15, -0.1) is 0 Å². The van der Waals surface area contributed by atoms with Gasteiger partial charge in [0, 0.05) is 44.6 Å². The number of benzene rings is 1. The molecule has 2 fully saturated rings. The number of methoxy groups -OCH3 is 2. The third-order valence-corrected chi connectivity index (χ3v) is 8.03. The van der Waals surface area contributed by atoms with E-state index in [-0.39, 0.29) is 29.6 Å². The summed E-state index contributed by atoms with van der Waals surface area (Å²) in [7, 11) is 7.53. The second-order valence-corrected chi connectivity index (χ2v) is 10.3. The van der Waals surface area contributed by atoms with Gasteiger partial charge in [0.05, 0.1) is 12.6 Å². The van der Waals surface area contributed by atoms with Gasteiger partial charge in [0.1, 0.15) is 18.1 Å². The molecule has 4 rings (SSSR count). The quantitative estimate of drug-likeness (QED) is 0.493. The van der Waals surface area contributed by atoms with Gasteiger partial charge in [-0.05, 0) is 57.8 Å². The zero-order chi connectivity index (χ0) is 26.5. The van der Waals surface area contributed by atoms with Gasteiger partial charge >= 0.3 is 6.03 Å². The smallest absolute Gasteiger partial charge is 0.321 e. The minimum Gasteiger partial charge on any atom is -0.497 e. The third-order valence-electron chi connectivity index (χ3n) is 8.03. The van der Waals surface area contributed by atoms with Crippen molar-refractivity contribution in [2.75, 3.05) is 59.9 Å². The molecule has 1 aromatic heterocycles. The summed E-state index contributed by atoms with van der Waals surface area (Å²) in [6.07, 6.45) is 5.95. The maximum Gasteiger partial charge on any atom is 0.321 e. The van der Waals surface area contributed by atoms with E-state index in [4.69, 9.17) is 9.47 Å². The highest BCUT2D eigenvalue weighted by Gasteiger charge is 2.54. The van der Waals surface area contributed by atoms with Crippen molar-refractivity contribution >= 4 is 17.8 Å². The first-order valence-corrected chi connectivity index (χ1v) is 12.9. The van der Waals surface area contributed by atoms with Crippen LogP contribution < -0.4 is 10.1 Å². The molecule has 0 bridgehead atoms. The summed E-state index contributed by atoms with van der Waals surface area (Å²) < 4.78 is 10.5. The minimum atomic E-state index is -0.298. The molecule has 3 amide bonds. The van der Waals surface area contributed by atoms with Crippen LogP contribution >= 0.6 is 0 Å². The molecule has 37 heavy (non-hydrogen) atoms. The van der Waals surface area contributed by atoms with Crippen LogP contribution in [0, 0.1) is 0 Å². The molecular weight excluding hydrogens is 470 g/mol. The van der Waals surface area contributed by atoms with E-state index in [1.807, 2.05) is 11.0 Å². The summed E-state index contributed by atoms with van der Waals surface area (Å²) >= 11 is 0. The Morgan fingerprint density at radius 1 is 1.11 bits per heavy atom. The van der Waals surface area contributed by atoms with Crippen molar-refractivity contribution in [3.63, 3.8) is 0 Å². The number of anilines is 1. The number of nitrogens with zero attached hydrogens (tertiary/aromatic N) is 4. The van der Waals surface area contributed by atoms with Crippen molar-refractivity contribution in [2.24, 2.45) is 0 Å². The molecule has 2 aliphatic rings. The van der Waals surface area contributed by atoms with E-state index in [0.29, 0.717) is 31.3 Å². The van der Waals surface area contributed by atoms with Crippen LogP contribution in [0.3, 0.4) is 0 Å². The topological polar surface area (TPSA) is 87.2 Å². The number of rotatable bonds is 10. The number of aromatic nitrogens is 1. The molecule has 9 heteroatoms. The maximum atomic E-state index is 13.6. The number of hydrogen-bond donors (Lipinski definition) is 1. The summed E-state index contributed by atoms with van der Waals surface area (Å²) in [5, 5.41) is 2.80. The highest BCUT2D eigenvalue weighted by molar-refractivity contribution is 5.94. The second kappa shape index (κ2) is 11.5. The first kappa shape index (κ1) is 26.9. The molecule has 0 atom stereocenters. The number of hydrogen-bond acceptors (Lipinski definition) is 6. The van der Waals surface area contributed by atoms with Gasteiger partial charge in [-0.2, -0.15) is 0 Å². The minimum absolute atomic E-state index is 0.0161. The Kier molecular flexibility index (Phi) is 8.34. The van der Waals surface area contributed by atoms with Gasteiger partial charge < -0.3 is 24.6 Å². The lowest BCUT2D eigenvalue weighted by Gasteiger charge is -2.51. The molecule has 2 aromatic rings. The summed E-state index contributed by atoms with van der Waals surface area (Å²) in [5.74, 6) is 0.737. The molecule has 200 valence electrons. The predicted molar refractivity (Wildman–Crippen MR) is 143 cm³/mol. The molecule has 9 nitrogen and oxygen atoms in total. The Bertz CT molecular complexity index is 1070. The summed E-state index contributed by atoms with van der Waals surface area (Å²) in [6, 6.07) is 13.9. The molecule has 1 N–H and O–H groups in total. The van der Waals surface area contributed by atoms with Gasteiger partial charge in [-0.1, -0.05) is 30.3 Å². The predicted octanol–water partition coefficient (Wildman–Crippen LogP) is 3.57. The van der Waals surface area contributed by atoms with Crippen LogP contribution in [0.5, 0.6) is 5.75 Å². The van der Waals surface area contributed by atoms with Gasteiger partial charge in [0.25, 0.3) is 0 Å². The standard InChI is InChI=1S/C28H39N5O4/c1-31(2)28(22-9-6-5-7-10-22)14-12-27(13-15-28)21-32(26(35)33(27)17-8-18-36-3)20-25(34)30-24-19-23(37-4)11-16-29-24/h5-7,9-11,16,19H,8,12-15,17-18,20-21H2,1-4H3,(H,29,30,34). The average Bonchev–Trinajstić information content (AvgIpc) is 3.15. The zero-order valence-corrected chi connectivity index (χ0v) is 22.4. The van der Waals surface area contributed by atoms with E-state index >= 15 is 0 Å². The van der Waals surface area contributed by atoms with Crippen LogP contribution in [0.4, 0.5) is 10.6 Å². The molecule has 0 unspecified atom stereocenters. The molecule has 2 heterocycles. The number of ether oxygens (including phenoxy) is 2. The van der Waals surface area contributed by atoms with Crippen molar-refractivity contribution in [3.8, 4) is 5.75 Å². The van der Waals surface area contributed by atoms with Gasteiger partial charge in [-0.3, -0.25) is 9.69 Å². The summed E-state index contributed by atoms with van der Waals surface area (Å²) in [5.41, 5.74) is 0.941. The van der Waals surface area contributed by atoms with E-state index < -0.39 is 0 Å². The molecule has 1 aliphatic heterocycles. The number of pyridine rings is 1. The Hall–Kier alpha value is -3.17. The van der Waals surface area contributed by atoms with Crippen LogP contribution in [-0.4, -0.2) is 91.7 Å². The van der Waals surface area contributed by atoms with E-state index in [0.717, 1.165) is 32.1 Å². The third kappa shape index (κ3) is 5.57. The second-order valence-electron chi connectivity index (χ2n) is 10.3. The first-order valence-electron chi connectivity index (χ1n) is 12.9. The lowest BCUT2D eigenvalue weighted by molar-refractivity contribution is -0.116. The van der Waals surface area contributed by atoms with Crippen LogP contribution in [-0.2, 0) is 15.1 Å². The number of carbonyl (C=O) groups is 2. The Labute approximate surface area is 219 Å². The highest BCUT2D eigenvalue weighted by Crippen LogP contribution is 2.48. The van der Waals surface area contributed by atoms with Gasteiger partial charge in [0.2, 0.25) is 5.91 Å². The van der Waals surface area contributed by atoms with E-state index in [9.17, 15) is 9.59 Å². The van der Waals surface area contributed by atoms with E-state index in [1.54, 1.807) is 37.4 Å². The first-order chi connectivity index (χ1) is 17.8. The zero-order valence-electron chi connectivity index (χ0n) is 22.4. The maximum absolute atomic E-state index is 13.6. The average molecular weight is 510 g/mol. The monoisotopic (exact) mass is 509 g/mol. The summed E-state index contributed by atoms with van der Waals surface area (Å²) in [4.78, 5) is 36.7. The molecule has 1 saturated heterocycles. The Balaban J connectivity index is 1.51. The van der Waals surface area contributed by atoms with Gasteiger partial charge in [-0.25, -0.2) is 9.78 Å². The molecule has 1 aromatic carbocycles. The fourth-order valence-electron chi connectivity index (χ4n) is 5.97. The SMILES string of the molecule is COCCCN1C(=O)N(CC(=O)Nc2cc(OC)ccn2)CC12CCC(c1ccccc1)(N(C)C)CC2. The molecule has 0 radical (unpaired) electrons. The molecular formula is C28H39N5O4. The van der Waals surface area contributed by atoms with Crippen molar-refractivity contribution < 1.29 is 19.1 Å². The number of carbonyl (C=O) groups excluding carboxylic acids is 2. The molecule has 1 saturated carbocycles. The lowest BCUT2D eigenvalue weighted by Crippen LogP contribution is -2.55. The van der Waals surface area contributed by atoms with Crippen molar-refractivity contribution in [2.45, 2.75) is 43.2 Å². The number of amides is 3. The Morgan fingerprint density at radius 2 is 1.84 bits per heavy atom. The Morgan fingerprint density at radius 3 is 2.49 bits per heavy atom. The van der Waals surface area contributed by atoms with E-state index in [2.05, 4.69) is 53.6 Å². The van der Waals surface area contributed by atoms with Crippen LogP contribution in [0.2, 0.25) is 0 Å². The summed E-state index contributed by atoms with van der Waals surface area (Å²) in [6.45, 7) is 1.73. The van der Waals surface area contributed by atoms with Crippen molar-refractivity contribution in [1.29, 1.82) is 0 Å². The molecule has 1 spiro atoms. The van der Waals surface area contributed by atoms with Crippen molar-refractivity contribution in [3.05, 3.63) is 54.2 Å². The number of urea groups is 1. The lowest BCUT2D eigenvalue weighted by atomic mass is 9.68. The fourth-order valence-corrected chi connectivity index (χ4v) is 5.97.